The van der Waals surface area contributed by atoms with Crippen molar-refractivity contribution in [1.82, 2.24) is 0 Å². The average Bonchev–Trinajstić information content (AvgIpc) is 2.66. The van der Waals surface area contributed by atoms with E-state index in [0.717, 1.165) is 14.9 Å². The average molecular weight is 466 g/mol. The molecule has 0 aliphatic carbocycles. The van der Waals surface area contributed by atoms with Crippen LogP contribution in [0.25, 0.3) is 0 Å². The number of hydrogen-bond acceptors (Lipinski definition) is 2. The number of rotatable bonds is 6. The van der Waals surface area contributed by atoms with Crippen molar-refractivity contribution in [2.24, 2.45) is 0 Å². The Kier molecular flexibility index (Phi) is 6.82. The third-order valence-corrected chi connectivity index (χ3v) is 6.67. The summed E-state index contributed by atoms with van der Waals surface area (Å²) < 4.78 is 0.953. The lowest BCUT2D eigenvalue weighted by Gasteiger charge is -2.18. The minimum absolute atomic E-state index is 0.0525. The molecule has 0 N–H and O–H groups in total. The molecule has 3 aromatic rings. The molecule has 1 atom stereocenters. The topological polar surface area (TPSA) is 17.1 Å². The number of thioether (sulfide) groups is 1. The molecule has 0 bridgehead atoms. The molecular weight excluding hydrogens is 451 g/mol. The Morgan fingerprint density at radius 2 is 1.62 bits per heavy atom. The van der Waals surface area contributed by atoms with E-state index in [-0.39, 0.29) is 11.0 Å². The lowest BCUT2D eigenvalue weighted by atomic mass is 10.0. The summed E-state index contributed by atoms with van der Waals surface area (Å²) >= 11 is 17.5. The van der Waals surface area contributed by atoms with Gasteiger partial charge in [-0.1, -0.05) is 87.7 Å². The van der Waals surface area contributed by atoms with Crippen molar-refractivity contribution in [3.8, 4) is 0 Å². The fourth-order valence-electron chi connectivity index (χ4n) is 2.55. The molecule has 132 valence electrons. The van der Waals surface area contributed by atoms with Gasteiger partial charge in [-0.3, -0.25) is 4.79 Å². The van der Waals surface area contributed by atoms with Crippen molar-refractivity contribution in [3.05, 3.63) is 98.4 Å². The third kappa shape index (κ3) is 4.92. The summed E-state index contributed by atoms with van der Waals surface area (Å²) in [6.07, 6.45) is 0.374. The number of benzene rings is 3. The maximum Gasteiger partial charge on any atom is 0.164 e. The molecule has 0 saturated heterocycles. The molecule has 0 radical (unpaired) electrons. The summed E-state index contributed by atoms with van der Waals surface area (Å²) in [5.74, 6) is 0.0944. The predicted octanol–water partition coefficient (Wildman–Crippen LogP) is 7.86. The molecule has 0 aromatic heterocycles. The zero-order chi connectivity index (χ0) is 18.5. The van der Waals surface area contributed by atoms with Crippen molar-refractivity contribution < 1.29 is 4.79 Å². The zero-order valence-corrected chi connectivity index (χ0v) is 17.6. The quantitative estimate of drug-likeness (QED) is 0.272. The number of carbonyl (C=O) groups excluding carboxylic acids is 1. The van der Waals surface area contributed by atoms with Gasteiger partial charge in [-0.25, -0.2) is 0 Å². The minimum atomic E-state index is -0.0525. The molecule has 26 heavy (non-hydrogen) atoms. The first kappa shape index (κ1) is 19.5. The van der Waals surface area contributed by atoms with Crippen LogP contribution in [0.15, 0.2) is 82.2 Å². The maximum atomic E-state index is 12.8. The maximum absolute atomic E-state index is 12.8. The van der Waals surface area contributed by atoms with E-state index in [1.807, 2.05) is 66.7 Å². The van der Waals surface area contributed by atoms with Crippen molar-refractivity contribution in [1.29, 1.82) is 0 Å². The number of hydrogen-bond donors (Lipinski definition) is 0. The van der Waals surface area contributed by atoms with Crippen molar-refractivity contribution in [2.45, 2.75) is 16.6 Å². The molecule has 0 spiro atoms. The smallest absolute Gasteiger partial charge is 0.164 e. The normalized spacial score (nSPS) is 12.0. The van der Waals surface area contributed by atoms with Gasteiger partial charge in [-0.05, 0) is 29.8 Å². The van der Waals surface area contributed by atoms with Gasteiger partial charge in [0.1, 0.15) is 0 Å². The molecular formula is C21H15BrCl2OS. The van der Waals surface area contributed by atoms with Crippen LogP contribution in [0.2, 0.25) is 10.0 Å². The fourth-order valence-corrected chi connectivity index (χ4v) is 4.51. The summed E-state index contributed by atoms with van der Waals surface area (Å²) in [5, 5.41) is 0.988. The number of carbonyl (C=O) groups is 1. The van der Waals surface area contributed by atoms with Gasteiger partial charge in [-0.15, -0.1) is 11.8 Å². The summed E-state index contributed by atoms with van der Waals surface area (Å²) in [5.41, 5.74) is 1.78. The molecule has 0 heterocycles. The van der Waals surface area contributed by atoms with E-state index in [0.29, 0.717) is 22.0 Å². The van der Waals surface area contributed by atoms with Gasteiger partial charge < -0.3 is 0 Å². The van der Waals surface area contributed by atoms with E-state index >= 15 is 0 Å². The van der Waals surface area contributed by atoms with Crippen molar-refractivity contribution in [2.75, 3.05) is 0 Å². The Bertz CT molecular complexity index is 898. The highest BCUT2D eigenvalue weighted by Crippen LogP contribution is 2.43. The minimum Gasteiger partial charge on any atom is -0.294 e. The lowest BCUT2D eigenvalue weighted by molar-refractivity contribution is 0.0982. The standard InChI is InChI=1S/C21H15BrCl2OS/c22-16-11-9-14(10-12-16)18(25)13-20(15-5-2-1-3-6-15)26-19-8-4-7-17(23)21(19)24/h1-12,20H,13H2/t20-/m0/s1. The van der Waals surface area contributed by atoms with Crippen LogP contribution in [0.5, 0.6) is 0 Å². The second-order valence-electron chi connectivity index (χ2n) is 5.70. The van der Waals surface area contributed by atoms with Crippen molar-refractivity contribution >= 4 is 56.7 Å². The molecule has 0 aliphatic heterocycles. The first-order valence-corrected chi connectivity index (χ1v) is 10.4. The number of Topliss-reactive ketones (excluding diaryl/α,β-unsaturated/α-hetero) is 1. The number of halogens is 3. The van der Waals surface area contributed by atoms with Gasteiger partial charge in [0.2, 0.25) is 0 Å². The Labute approximate surface area is 175 Å². The van der Waals surface area contributed by atoms with Gasteiger partial charge >= 0.3 is 0 Å². The molecule has 3 rings (SSSR count). The SMILES string of the molecule is O=C(C[C@H](Sc1cccc(Cl)c1Cl)c1ccccc1)c1ccc(Br)cc1. The van der Waals surface area contributed by atoms with Gasteiger partial charge in [0.05, 0.1) is 10.0 Å². The van der Waals surface area contributed by atoms with Gasteiger partial charge in [-0.2, -0.15) is 0 Å². The zero-order valence-electron chi connectivity index (χ0n) is 13.7. The highest BCUT2D eigenvalue weighted by molar-refractivity contribution is 9.10. The summed E-state index contributed by atoms with van der Waals surface area (Å²) in [6.45, 7) is 0. The highest BCUT2D eigenvalue weighted by Gasteiger charge is 2.20. The monoisotopic (exact) mass is 464 g/mol. The van der Waals surface area contributed by atoms with Crippen molar-refractivity contribution in [3.63, 3.8) is 0 Å². The van der Waals surface area contributed by atoms with Gasteiger partial charge in [0.15, 0.2) is 5.78 Å². The molecule has 5 heteroatoms. The molecule has 1 nitrogen and oxygen atoms in total. The first-order valence-electron chi connectivity index (χ1n) is 7.99. The first-order chi connectivity index (χ1) is 12.5. The number of ketones is 1. The highest BCUT2D eigenvalue weighted by atomic mass is 79.9. The summed E-state index contributed by atoms with van der Waals surface area (Å²) in [6, 6.07) is 23.0. The second-order valence-corrected chi connectivity index (χ2v) is 8.65. The van der Waals surface area contributed by atoms with Crippen LogP contribution in [0.3, 0.4) is 0 Å². The fraction of sp³-hybridized carbons (Fsp3) is 0.0952. The van der Waals surface area contributed by atoms with Gasteiger partial charge in [0.25, 0.3) is 0 Å². The van der Waals surface area contributed by atoms with E-state index in [1.54, 1.807) is 17.8 Å². The molecule has 0 fully saturated rings. The predicted molar refractivity (Wildman–Crippen MR) is 115 cm³/mol. The van der Waals surface area contributed by atoms with Crippen LogP contribution in [0.1, 0.15) is 27.6 Å². The van der Waals surface area contributed by atoms with E-state index in [2.05, 4.69) is 15.9 Å². The lowest BCUT2D eigenvalue weighted by Crippen LogP contribution is -2.05. The molecule has 3 aromatic carbocycles. The summed E-state index contributed by atoms with van der Waals surface area (Å²) in [4.78, 5) is 13.7. The third-order valence-electron chi connectivity index (χ3n) is 3.89. The Balaban J connectivity index is 1.87. The van der Waals surface area contributed by atoms with Gasteiger partial charge in [0, 0.05) is 26.6 Å². The Morgan fingerprint density at radius 3 is 2.31 bits per heavy atom. The molecule has 0 saturated carbocycles. The molecule has 0 amide bonds. The van der Waals surface area contributed by atoms with Crippen LogP contribution in [0, 0.1) is 0 Å². The Hall–Kier alpha value is -1.26. The molecule has 0 unspecified atom stereocenters. The van der Waals surface area contributed by atoms with Crippen LogP contribution in [-0.2, 0) is 0 Å². The van der Waals surface area contributed by atoms with E-state index < -0.39 is 0 Å². The molecule has 0 aliphatic rings. The second kappa shape index (κ2) is 9.09. The largest absolute Gasteiger partial charge is 0.294 e. The van der Waals surface area contributed by atoms with E-state index in [9.17, 15) is 4.79 Å². The Morgan fingerprint density at radius 1 is 0.923 bits per heavy atom. The van der Waals surface area contributed by atoms with Crippen LogP contribution < -0.4 is 0 Å². The van der Waals surface area contributed by atoms with E-state index in [4.69, 9.17) is 23.2 Å². The summed E-state index contributed by atoms with van der Waals surface area (Å²) in [7, 11) is 0. The van der Waals surface area contributed by atoms with Crippen LogP contribution in [-0.4, -0.2) is 5.78 Å². The van der Waals surface area contributed by atoms with Crippen LogP contribution in [0.4, 0.5) is 0 Å². The van der Waals surface area contributed by atoms with Crippen LogP contribution >= 0.6 is 50.9 Å². The van der Waals surface area contributed by atoms with E-state index in [1.165, 1.54) is 0 Å².